The van der Waals surface area contributed by atoms with Crippen LogP contribution in [0.5, 0.6) is 0 Å². The van der Waals surface area contributed by atoms with Gasteiger partial charge in [-0.1, -0.05) is 42.5 Å². The van der Waals surface area contributed by atoms with Gasteiger partial charge in [0, 0.05) is 30.7 Å². The first-order chi connectivity index (χ1) is 14.4. The summed E-state index contributed by atoms with van der Waals surface area (Å²) in [6, 6.07) is 18.2. The molecule has 0 saturated carbocycles. The van der Waals surface area contributed by atoms with Gasteiger partial charge in [-0.25, -0.2) is 12.7 Å². The average Bonchev–Trinajstić information content (AvgIpc) is 2.73. The van der Waals surface area contributed by atoms with Gasteiger partial charge in [-0.2, -0.15) is 0 Å². The van der Waals surface area contributed by atoms with Gasteiger partial charge in [-0.3, -0.25) is 9.78 Å². The lowest BCUT2D eigenvalue weighted by Gasteiger charge is -2.31. The number of sulfonamides is 1. The summed E-state index contributed by atoms with van der Waals surface area (Å²) in [6.07, 6.45) is 4.69. The van der Waals surface area contributed by atoms with Gasteiger partial charge < -0.3 is 5.32 Å². The van der Waals surface area contributed by atoms with E-state index >= 15 is 0 Å². The van der Waals surface area contributed by atoms with E-state index in [0.717, 1.165) is 34.7 Å². The van der Waals surface area contributed by atoms with Crippen LogP contribution in [0.1, 0.15) is 18.5 Å². The van der Waals surface area contributed by atoms with E-state index in [4.69, 9.17) is 0 Å². The lowest BCUT2D eigenvalue weighted by Crippen LogP contribution is -2.49. The predicted octanol–water partition coefficient (Wildman–Crippen LogP) is 2.98. The lowest BCUT2D eigenvalue weighted by atomic mass is 10.0. The van der Waals surface area contributed by atoms with Gasteiger partial charge in [0.1, 0.15) is 0 Å². The molecule has 2 aromatic carbocycles. The Labute approximate surface area is 177 Å². The normalized spacial score (nSPS) is 17.7. The molecule has 0 bridgehead atoms. The van der Waals surface area contributed by atoms with Crippen LogP contribution in [0.3, 0.4) is 0 Å². The molecule has 3 aromatic rings. The molecule has 0 spiro atoms. The maximum absolute atomic E-state index is 12.5. The van der Waals surface area contributed by atoms with Crippen LogP contribution in [-0.2, 0) is 21.2 Å². The molecule has 0 unspecified atom stereocenters. The van der Waals surface area contributed by atoms with Gasteiger partial charge in [0.05, 0.1) is 18.4 Å². The Hall–Kier alpha value is -2.77. The first-order valence-corrected chi connectivity index (χ1v) is 11.9. The number of pyridine rings is 1. The number of hydrogen-bond donors (Lipinski definition) is 1. The van der Waals surface area contributed by atoms with Gasteiger partial charge in [0.15, 0.2) is 0 Å². The van der Waals surface area contributed by atoms with Gasteiger partial charge in [0.25, 0.3) is 0 Å². The molecule has 1 saturated heterocycles. The van der Waals surface area contributed by atoms with Crippen molar-refractivity contribution in [2.75, 3.05) is 19.3 Å². The lowest BCUT2D eigenvalue weighted by molar-refractivity contribution is -0.121. The number of amides is 1. The first kappa shape index (κ1) is 20.5. The molecule has 30 heavy (non-hydrogen) atoms. The van der Waals surface area contributed by atoms with E-state index in [1.807, 2.05) is 30.3 Å². The minimum Gasteiger partial charge on any atom is -0.352 e. The highest BCUT2D eigenvalue weighted by molar-refractivity contribution is 7.88. The van der Waals surface area contributed by atoms with Crippen molar-refractivity contribution in [3.63, 3.8) is 0 Å². The Kier molecular flexibility index (Phi) is 5.83. The maximum atomic E-state index is 12.5. The Morgan fingerprint density at radius 2 is 1.90 bits per heavy atom. The zero-order valence-corrected chi connectivity index (χ0v) is 17.7. The van der Waals surface area contributed by atoms with Crippen molar-refractivity contribution < 1.29 is 13.2 Å². The monoisotopic (exact) mass is 423 g/mol. The molecule has 6 nitrogen and oxygen atoms in total. The summed E-state index contributed by atoms with van der Waals surface area (Å²) in [4.78, 5) is 17.0. The Bertz CT molecular complexity index is 1160. The molecule has 4 rings (SSSR count). The number of nitrogens with zero attached hydrogens (tertiary/aromatic N) is 2. The molecule has 1 fully saturated rings. The van der Waals surface area contributed by atoms with Gasteiger partial charge >= 0.3 is 0 Å². The number of piperidine rings is 1. The van der Waals surface area contributed by atoms with Crippen molar-refractivity contribution in [1.82, 2.24) is 14.6 Å². The number of rotatable bonds is 5. The van der Waals surface area contributed by atoms with Crippen molar-refractivity contribution in [3.05, 3.63) is 66.5 Å². The fourth-order valence-corrected chi connectivity index (χ4v) is 4.81. The Morgan fingerprint density at radius 3 is 2.67 bits per heavy atom. The Balaban J connectivity index is 1.46. The van der Waals surface area contributed by atoms with E-state index in [2.05, 4.69) is 34.6 Å². The number of benzene rings is 2. The fraction of sp³-hybridized carbons (Fsp3) is 0.304. The van der Waals surface area contributed by atoms with E-state index in [0.29, 0.717) is 18.8 Å². The van der Waals surface area contributed by atoms with Crippen molar-refractivity contribution in [2.45, 2.75) is 25.3 Å². The van der Waals surface area contributed by atoms with E-state index in [1.165, 1.54) is 10.6 Å². The number of carbonyl (C=O) groups excluding carboxylic acids is 1. The van der Waals surface area contributed by atoms with E-state index < -0.39 is 10.0 Å². The van der Waals surface area contributed by atoms with Crippen molar-refractivity contribution in [3.8, 4) is 11.1 Å². The van der Waals surface area contributed by atoms with Crippen LogP contribution in [0.25, 0.3) is 21.9 Å². The van der Waals surface area contributed by atoms with Crippen molar-refractivity contribution >= 4 is 26.7 Å². The SMILES string of the molecule is CS(=O)(=O)N1CCC[C@H](NC(=O)Cc2cc3cc(-c4ccccc4)ccc3cn2)C1. The van der Waals surface area contributed by atoms with Gasteiger partial charge in [-0.05, 0) is 41.5 Å². The highest BCUT2D eigenvalue weighted by Crippen LogP contribution is 2.24. The molecule has 1 aliphatic heterocycles. The first-order valence-electron chi connectivity index (χ1n) is 10.1. The van der Waals surface area contributed by atoms with E-state index in [9.17, 15) is 13.2 Å². The van der Waals surface area contributed by atoms with Gasteiger partial charge in [0.2, 0.25) is 15.9 Å². The van der Waals surface area contributed by atoms with Crippen LogP contribution in [0.2, 0.25) is 0 Å². The van der Waals surface area contributed by atoms with Crippen molar-refractivity contribution in [1.29, 1.82) is 0 Å². The molecule has 7 heteroatoms. The second kappa shape index (κ2) is 8.53. The molecular weight excluding hydrogens is 398 g/mol. The molecule has 1 atom stereocenters. The molecule has 0 aliphatic carbocycles. The number of hydrogen-bond acceptors (Lipinski definition) is 4. The van der Waals surface area contributed by atoms with Gasteiger partial charge in [-0.15, -0.1) is 0 Å². The van der Waals surface area contributed by atoms with Crippen LogP contribution >= 0.6 is 0 Å². The third-order valence-corrected chi connectivity index (χ3v) is 6.72. The molecule has 1 amide bonds. The number of aromatic nitrogens is 1. The maximum Gasteiger partial charge on any atom is 0.226 e. The largest absolute Gasteiger partial charge is 0.352 e. The highest BCUT2D eigenvalue weighted by Gasteiger charge is 2.26. The summed E-state index contributed by atoms with van der Waals surface area (Å²) in [5, 5.41) is 5.03. The standard InChI is InChI=1S/C23H25N3O3S/c1-30(28,29)26-11-5-8-21(16-26)25-23(27)14-22-13-20-12-18(9-10-19(20)15-24-22)17-6-3-2-4-7-17/h2-4,6-7,9-10,12-13,15,21H,5,8,11,14,16H2,1H3,(H,25,27)/t21-/m0/s1. The quantitative estimate of drug-likeness (QED) is 0.684. The summed E-state index contributed by atoms with van der Waals surface area (Å²) in [5.41, 5.74) is 2.96. The van der Waals surface area contributed by atoms with Crippen LogP contribution < -0.4 is 5.32 Å². The zero-order valence-electron chi connectivity index (χ0n) is 16.9. The second-order valence-corrected chi connectivity index (χ2v) is 9.79. The predicted molar refractivity (Wildman–Crippen MR) is 118 cm³/mol. The van der Waals surface area contributed by atoms with Crippen LogP contribution in [0.4, 0.5) is 0 Å². The van der Waals surface area contributed by atoms with Crippen LogP contribution in [0.15, 0.2) is 60.8 Å². The van der Waals surface area contributed by atoms with Crippen LogP contribution in [0, 0.1) is 0 Å². The molecular formula is C23H25N3O3S. The summed E-state index contributed by atoms with van der Waals surface area (Å²) in [5.74, 6) is -0.138. The molecule has 1 aromatic heterocycles. The topological polar surface area (TPSA) is 79.4 Å². The molecule has 1 aliphatic rings. The number of fused-ring (bicyclic) bond motifs is 1. The van der Waals surface area contributed by atoms with E-state index in [1.54, 1.807) is 6.20 Å². The molecule has 2 heterocycles. The summed E-state index contributed by atoms with van der Waals surface area (Å²) >= 11 is 0. The number of nitrogens with one attached hydrogen (secondary N) is 1. The molecule has 156 valence electrons. The summed E-state index contributed by atoms with van der Waals surface area (Å²) in [6.45, 7) is 0.845. The Morgan fingerprint density at radius 1 is 1.10 bits per heavy atom. The average molecular weight is 424 g/mol. The summed E-state index contributed by atoms with van der Waals surface area (Å²) in [7, 11) is -3.24. The van der Waals surface area contributed by atoms with Crippen LogP contribution in [-0.4, -0.2) is 49.0 Å². The van der Waals surface area contributed by atoms with E-state index in [-0.39, 0.29) is 18.4 Å². The van der Waals surface area contributed by atoms with Crippen molar-refractivity contribution in [2.24, 2.45) is 0 Å². The second-order valence-electron chi connectivity index (χ2n) is 7.81. The fourth-order valence-electron chi connectivity index (χ4n) is 3.90. The number of carbonyl (C=O) groups is 1. The minimum absolute atomic E-state index is 0.138. The third-order valence-electron chi connectivity index (χ3n) is 5.45. The smallest absolute Gasteiger partial charge is 0.226 e. The highest BCUT2D eigenvalue weighted by atomic mass is 32.2. The molecule has 0 radical (unpaired) electrons. The summed E-state index contributed by atoms with van der Waals surface area (Å²) < 4.78 is 25.0. The molecule has 1 N–H and O–H groups in total. The zero-order chi connectivity index (χ0) is 21.1. The minimum atomic E-state index is -3.24. The third kappa shape index (κ3) is 4.86.